The summed E-state index contributed by atoms with van der Waals surface area (Å²) in [6.45, 7) is 3.91. The van der Waals surface area contributed by atoms with E-state index in [2.05, 4.69) is 5.10 Å². The lowest BCUT2D eigenvalue weighted by molar-refractivity contribution is -0.384. The summed E-state index contributed by atoms with van der Waals surface area (Å²) in [5, 5.41) is 15.6. The van der Waals surface area contributed by atoms with Crippen molar-refractivity contribution in [2.24, 2.45) is 0 Å². The third kappa shape index (κ3) is 4.32. The highest BCUT2D eigenvalue weighted by molar-refractivity contribution is 5.94. The lowest BCUT2D eigenvalue weighted by Gasteiger charge is -2.31. The van der Waals surface area contributed by atoms with Gasteiger partial charge < -0.3 is 4.90 Å². The van der Waals surface area contributed by atoms with E-state index in [1.165, 1.54) is 22.9 Å². The lowest BCUT2D eigenvalue weighted by atomic mass is 9.95. The number of hydrogen-bond acceptors (Lipinski definition) is 5. The second kappa shape index (κ2) is 9.17. The van der Waals surface area contributed by atoms with Crippen molar-refractivity contribution in [2.75, 3.05) is 13.1 Å². The van der Waals surface area contributed by atoms with Crippen LogP contribution < -0.4 is 5.69 Å². The molecular formula is C23H25N5O4. The monoisotopic (exact) mass is 435 g/mol. The van der Waals surface area contributed by atoms with E-state index in [1.807, 2.05) is 37.3 Å². The number of carbonyl (C=O) groups is 1. The molecule has 0 spiro atoms. The van der Waals surface area contributed by atoms with E-state index in [4.69, 9.17) is 0 Å². The van der Waals surface area contributed by atoms with Crippen molar-refractivity contribution in [3.8, 4) is 0 Å². The minimum Gasteiger partial charge on any atom is -0.339 e. The van der Waals surface area contributed by atoms with Gasteiger partial charge in [-0.25, -0.2) is 9.48 Å². The molecule has 1 aromatic heterocycles. The summed E-state index contributed by atoms with van der Waals surface area (Å²) in [6.07, 6.45) is 1.37. The molecular weight excluding hydrogens is 410 g/mol. The minimum atomic E-state index is -0.501. The molecule has 1 fully saturated rings. The predicted octanol–water partition coefficient (Wildman–Crippen LogP) is 3.04. The maximum Gasteiger partial charge on any atom is 0.346 e. The first-order valence-corrected chi connectivity index (χ1v) is 10.7. The van der Waals surface area contributed by atoms with Crippen LogP contribution in [0, 0.1) is 10.1 Å². The number of hydrogen-bond donors (Lipinski definition) is 0. The van der Waals surface area contributed by atoms with Gasteiger partial charge in [0.25, 0.3) is 11.6 Å². The molecule has 0 radical (unpaired) electrons. The summed E-state index contributed by atoms with van der Waals surface area (Å²) in [6, 6.07) is 15.6. The van der Waals surface area contributed by atoms with Crippen LogP contribution in [0.2, 0.25) is 0 Å². The van der Waals surface area contributed by atoms with Crippen LogP contribution in [0.4, 0.5) is 5.69 Å². The molecule has 0 N–H and O–H groups in total. The second-order valence-electron chi connectivity index (χ2n) is 7.90. The highest BCUT2D eigenvalue weighted by Crippen LogP contribution is 2.27. The molecule has 1 aliphatic rings. The summed E-state index contributed by atoms with van der Waals surface area (Å²) >= 11 is 0. The SMILES string of the molecule is CCn1c(C2CCN(C(=O)c3cccc([N+](=O)[O-])c3)CC2)nn(Cc2ccccc2)c1=O. The molecule has 1 amide bonds. The van der Waals surface area contributed by atoms with Crippen LogP contribution in [0.1, 0.15) is 47.4 Å². The molecule has 4 rings (SSSR count). The summed E-state index contributed by atoms with van der Waals surface area (Å²) in [4.78, 5) is 37.9. The number of amides is 1. The van der Waals surface area contributed by atoms with E-state index >= 15 is 0 Å². The molecule has 0 atom stereocenters. The zero-order valence-corrected chi connectivity index (χ0v) is 17.9. The van der Waals surface area contributed by atoms with Crippen molar-refractivity contribution in [1.29, 1.82) is 0 Å². The van der Waals surface area contributed by atoms with Gasteiger partial charge in [0.05, 0.1) is 11.5 Å². The number of rotatable bonds is 6. The maximum absolute atomic E-state index is 12.9. The molecule has 0 bridgehead atoms. The third-order valence-electron chi connectivity index (χ3n) is 5.89. The van der Waals surface area contributed by atoms with Gasteiger partial charge in [0.2, 0.25) is 0 Å². The molecule has 2 aromatic carbocycles. The van der Waals surface area contributed by atoms with E-state index in [-0.39, 0.29) is 23.2 Å². The van der Waals surface area contributed by atoms with Gasteiger partial charge in [-0.1, -0.05) is 36.4 Å². The number of non-ortho nitro benzene ring substituents is 1. The lowest BCUT2D eigenvalue weighted by Crippen LogP contribution is -2.38. The number of nitrogens with zero attached hydrogens (tertiary/aromatic N) is 5. The van der Waals surface area contributed by atoms with Gasteiger partial charge >= 0.3 is 5.69 Å². The quantitative estimate of drug-likeness (QED) is 0.437. The van der Waals surface area contributed by atoms with E-state index in [9.17, 15) is 19.7 Å². The van der Waals surface area contributed by atoms with Crippen LogP contribution >= 0.6 is 0 Å². The van der Waals surface area contributed by atoms with Crippen LogP contribution in [0.25, 0.3) is 0 Å². The number of nitro benzene ring substituents is 1. The zero-order valence-electron chi connectivity index (χ0n) is 17.9. The molecule has 0 saturated carbocycles. The van der Waals surface area contributed by atoms with Gasteiger partial charge in [-0.3, -0.25) is 19.5 Å². The van der Waals surface area contributed by atoms with E-state index < -0.39 is 4.92 Å². The molecule has 3 aromatic rings. The van der Waals surface area contributed by atoms with Crippen molar-refractivity contribution >= 4 is 11.6 Å². The topological polar surface area (TPSA) is 103 Å². The third-order valence-corrected chi connectivity index (χ3v) is 5.89. The molecule has 1 aliphatic heterocycles. The van der Waals surface area contributed by atoms with Gasteiger partial charge in [-0.15, -0.1) is 0 Å². The Morgan fingerprint density at radius 1 is 1.12 bits per heavy atom. The normalized spacial score (nSPS) is 14.5. The highest BCUT2D eigenvalue weighted by atomic mass is 16.6. The van der Waals surface area contributed by atoms with Gasteiger partial charge in [0.1, 0.15) is 5.82 Å². The van der Waals surface area contributed by atoms with Crippen molar-refractivity contribution in [3.63, 3.8) is 0 Å². The Bertz CT molecular complexity index is 1180. The summed E-state index contributed by atoms with van der Waals surface area (Å²) < 4.78 is 3.22. The molecule has 9 heteroatoms. The molecule has 166 valence electrons. The Hall–Kier alpha value is -3.75. The number of benzene rings is 2. The predicted molar refractivity (Wildman–Crippen MR) is 119 cm³/mol. The number of nitro groups is 1. The molecule has 32 heavy (non-hydrogen) atoms. The van der Waals surface area contributed by atoms with Crippen molar-refractivity contribution in [3.05, 3.63) is 92.1 Å². The molecule has 9 nitrogen and oxygen atoms in total. The Labute approximate surface area is 185 Å². The first-order valence-electron chi connectivity index (χ1n) is 10.7. The summed E-state index contributed by atoms with van der Waals surface area (Å²) in [5.74, 6) is 0.624. The van der Waals surface area contributed by atoms with Gasteiger partial charge in [0, 0.05) is 43.2 Å². The first kappa shape index (κ1) is 21.5. The molecule has 0 unspecified atom stereocenters. The Balaban J connectivity index is 1.48. The zero-order chi connectivity index (χ0) is 22.7. The number of aromatic nitrogens is 3. The van der Waals surface area contributed by atoms with Crippen LogP contribution in [0.15, 0.2) is 59.4 Å². The van der Waals surface area contributed by atoms with Crippen LogP contribution in [0.5, 0.6) is 0 Å². The molecule has 0 aliphatic carbocycles. The fourth-order valence-electron chi connectivity index (χ4n) is 4.19. The number of carbonyl (C=O) groups excluding carboxylic acids is 1. The fraction of sp³-hybridized carbons (Fsp3) is 0.348. The standard InChI is InChI=1S/C23H25N5O4/c1-2-26-21(24-27(23(26)30)16-17-7-4-3-5-8-17)18-11-13-25(14-12-18)22(29)19-9-6-10-20(15-19)28(31)32/h3-10,15,18H,2,11-14,16H2,1H3. The average Bonchev–Trinajstić information content (AvgIpc) is 3.14. The fourth-order valence-corrected chi connectivity index (χ4v) is 4.19. The van der Waals surface area contributed by atoms with Crippen LogP contribution in [0.3, 0.4) is 0 Å². The highest BCUT2D eigenvalue weighted by Gasteiger charge is 2.29. The first-order chi connectivity index (χ1) is 15.5. The minimum absolute atomic E-state index is 0.0776. The van der Waals surface area contributed by atoms with E-state index in [0.717, 1.165) is 11.4 Å². The van der Waals surface area contributed by atoms with E-state index in [1.54, 1.807) is 15.5 Å². The Kier molecular flexibility index (Phi) is 6.16. The van der Waals surface area contributed by atoms with Crippen LogP contribution in [-0.2, 0) is 13.1 Å². The maximum atomic E-state index is 12.9. The van der Waals surface area contributed by atoms with Gasteiger partial charge in [-0.05, 0) is 31.4 Å². The van der Waals surface area contributed by atoms with Crippen molar-refractivity contribution < 1.29 is 9.72 Å². The largest absolute Gasteiger partial charge is 0.346 e. The van der Waals surface area contributed by atoms with Crippen molar-refractivity contribution in [1.82, 2.24) is 19.2 Å². The van der Waals surface area contributed by atoms with Gasteiger partial charge in [0.15, 0.2) is 0 Å². The van der Waals surface area contributed by atoms with E-state index in [0.29, 0.717) is 44.6 Å². The Morgan fingerprint density at radius 3 is 2.50 bits per heavy atom. The van der Waals surface area contributed by atoms with Crippen LogP contribution in [-0.4, -0.2) is 43.2 Å². The summed E-state index contributed by atoms with van der Waals surface area (Å²) in [5.41, 5.74) is 1.11. The average molecular weight is 435 g/mol. The second-order valence-corrected chi connectivity index (χ2v) is 7.90. The number of piperidine rings is 1. The number of likely N-dealkylation sites (tertiary alicyclic amines) is 1. The molecule has 2 heterocycles. The van der Waals surface area contributed by atoms with Gasteiger partial charge in [-0.2, -0.15) is 5.10 Å². The molecule has 1 saturated heterocycles. The van der Waals surface area contributed by atoms with Crippen molar-refractivity contribution in [2.45, 2.75) is 38.8 Å². The Morgan fingerprint density at radius 2 is 1.84 bits per heavy atom. The summed E-state index contributed by atoms with van der Waals surface area (Å²) in [7, 11) is 0. The smallest absolute Gasteiger partial charge is 0.339 e.